The molecule has 2 aromatic rings. The van der Waals surface area contributed by atoms with E-state index in [2.05, 4.69) is 0 Å². The molecule has 0 heterocycles. The predicted molar refractivity (Wildman–Crippen MR) is 111 cm³/mol. The number of ketones is 1. The van der Waals surface area contributed by atoms with E-state index in [1.54, 1.807) is 42.5 Å². The summed E-state index contributed by atoms with van der Waals surface area (Å²) in [5, 5.41) is 16.7. The van der Waals surface area contributed by atoms with E-state index >= 15 is 0 Å². The Kier molecular flexibility index (Phi) is 8.52. The van der Waals surface area contributed by atoms with Gasteiger partial charge in [0.2, 0.25) is 0 Å². The topological polar surface area (TPSA) is 118 Å². The molecule has 1 unspecified atom stereocenters. The van der Waals surface area contributed by atoms with E-state index in [-0.39, 0.29) is 12.2 Å². The normalized spacial score (nSPS) is 11.5. The summed E-state index contributed by atoms with van der Waals surface area (Å²) in [4.78, 5) is 24.8. The molecule has 0 aliphatic carbocycles. The van der Waals surface area contributed by atoms with Gasteiger partial charge in [0.25, 0.3) is 5.91 Å². The van der Waals surface area contributed by atoms with E-state index in [0.29, 0.717) is 41.4 Å². The Morgan fingerprint density at radius 2 is 1.63 bits per heavy atom. The van der Waals surface area contributed by atoms with Crippen molar-refractivity contribution in [1.82, 2.24) is 5.48 Å². The first-order chi connectivity index (χ1) is 14.4. The first-order valence-corrected chi connectivity index (χ1v) is 9.54. The van der Waals surface area contributed by atoms with Gasteiger partial charge in [0.05, 0.1) is 13.2 Å². The van der Waals surface area contributed by atoms with Gasteiger partial charge in [-0.25, -0.2) is 5.48 Å². The molecule has 8 heteroatoms. The van der Waals surface area contributed by atoms with Crippen molar-refractivity contribution in [3.63, 3.8) is 0 Å². The molecule has 0 saturated heterocycles. The molecule has 0 fully saturated rings. The molecule has 0 radical (unpaired) electrons. The number of rotatable bonds is 11. The highest BCUT2D eigenvalue weighted by molar-refractivity contribution is 6.39. The molecular weight excluding hydrogens is 388 g/mol. The number of carbonyl (C=O) groups excluding carboxylic acids is 2. The molecular formula is C22H26N2O6. The van der Waals surface area contributed by atoms with Gasteiger partial charge in [-0.05, 0) is 61.9 Å². The highest BCUT2D eigenvalue weighted by Crippen LogP contribution is 2.24. The lowest BCUT2D eigenvalue weighted by Gasteiger charge is -2.18. The fourth-order valence-corrected chi connectivity index (χ4v) is 2.95. The van der Waals surface area contributed by atoms with Crippen LogP contribution in [-0.4, -0.2) is 49.0 Å². The van der Waals surface area contributed by atoms with Crippen molar-refractivity contribution in [2.45, 2.75) is 26.4 Å². The number of hydrogen-bond acceptors (Lipinski definition) is 7. The van der Waals surface area contributed by atoms with Crippen LogP contribution in [0.5, 0.6) is 11.5 Å². The molecule has 1 atom stereocenters. The first-order valence-electron chi connectivity index (χ1n) is 9.54. The fraction of sp³-hybridized carbons (Fsp3) is 0.318. The second-order valence-corrected chi connectivity index (χ2v) is 6.32. The third-order valence-corrected chi connectivity index (χ3v) is 4.42. The van der Waals surface area contributed by atoms with Crippen LogP contribution in [0, 0.1) is 5.41 Å². The van der Waals surface area contributed by atoms with E-state index in [9.17, 15) is 9.59 Å². The molecule has 8 nitrogen and oxygen atoms in total. The Morgan fingerprint density at radius 1 is 1.03 bits per heavy atom. The van der Waals surface area contributed by atoms with Gasteiger partial charge in [0.1, 0.15) is 23.3 Å². The predicted octanol–water partition coefficient (Wildman–Crippen LogP) is 2.80. The maximum Gasteiger partial charge on any atom is 0.291 e. The highest BCUT2D eigenvalue weighted by Gasteiger charge is 2.24. The van der Waals surface area contributed by atoms with Crippen molar-refractivity contribution in [2.75, 3.05) is 20.3 Å². The molecule has 0 spiro atoms. The van der Waals surface area contributed by atoms with Crippen LogP contribution in [0.4, 0.5) is 0 Å². The zero-order chi connectivity index (χ0) is 22.1. The van der Waals surface area contributed by atoms with E-state index in [0.717, 1.165) is 0 Å². The second kappa shape index (κ2) is 11.1. The molecule has 160 valence electrons. The number of ether oxygens (including phenoxy) is 3. The summed E-state index contributed by atoms with van der Waals surface area (Å²) >= 11 is 0. The average molecular weight is 414 g/mol. The summed E-state index contributed by atoms with van der Waals surface area (Å²) in [6.07, 6.45) is -0.886. The van der Waals surface area contributed by atoms with Gasteiger partial charge in [-0.2, -0.15) is 0 Å². The second-order valence-electron chi connectivity index (χ2n) is 6.32. The van der Waals surface area contributed by atoms with Crippen LogP contribution >= 0.6 is 0 Å². The van der Waals surface area contributed by atoms with Crippen LogP contribution < -0.4 is 15.0 Å². The van der Waals surface area contributed by atoms with Crippen LogP contribution in [0.1, 0.15) is 35.3 Å². The molecule has 0 bridgehead atoms. The van der Waals surface area contributed by atoms with Crippen molar-refractivity contribution >= 4 is 17.4 Å². The number of hydroxylamine groups is 1. The zero-order valence-electron chi connectivity index (χ0n) is 17.2. The minimum atomic E-state index is -0.970. The quantitative estimate of drug-likeness (QED) is 0.225. The van der Waals surface area contributed by atoms with E-state index in [1.807, 2.05) is 13.8 Å². The van der Waals surface area contributed by atoms with Gasteiger partial charge in [-0.3, -0.25) is 20.2 Å². The number of hydrogen-bond donors (Lipinski definition) is 3. The lowest BCUT2D eigenvalue weighted by atomic mass is 9.93. The molecule has 0 aromatic heterocycles. The third kappa shape index (κ3) is 5.65. The van der Waals surface area contributed by atoms with Crippen molar-refractivity contribution in [2.24, 2.45) is 0 Å². The van der Waals surface area contributed by atoms with Crippen LogP contribution in [0.2, 0.25) is 0 Å². The minimum Gasteiger partial charge on any atom is -0.494 e. The van der Waals surface area contributed by atoms with Crippen molar-refractivity contribution in [1.29, 1.82) is 5.41 Å². The first kappa shape index (κ1) is 23.1. The summed E-state index contributed by atoms with van der Waals surface area (Å²) in [6, 6.07) is 11.9. The number of amides is 1. The Bertz CT molecular complexity index is 895. The van der Waals surface area contributed by atoms with Crippen molar-refractivity contribution in [3.05, 3.63) is 59.2 Å². The Hall–Kier alpha value is -3.23. The fourth-order valence-electron chi connectivity index (χ4n) is 2.95. The van der Waals surface area contributed by atoms with Crippen LogP contribution in [-0.2, 0) is 16.0 Å². The van der Waals surface area contributed by atoms with Crippen LogP contribution in [0.3, 0.4) is 0 Å². The lowest BCUT2D eigenvalue weighted by Crippen LogP contribution is -2.38. The van der Waals surface area contributed by atoms with Gasteiger partial charge in [0, 0.05) is 24.7 Å². The summed E-state index contributed by atoms with van der Waals surface area (Å²) in [6.45, 7) is 4.70. The number of nitrogens with one attached hydrogen (secondary N) is 2. The Morgan fingerprint density at radius 3 is 2.20 bits per heavy atom. The monoisotopic (exact) mass is 414 g/mol. The number of methoxy groups -OCH3 is 1. The number of benzene rings is 2. The Balaban J connectivity index is 2.39. The van der Waals surface area contributed by atoms with Crippen molar-refractivity contribution < 1.29 is 29.0 Å². The summed E-state index contributed by atoms with van der Waals surface area (Å²) in [5.41, 5.74) is 2.41. The van der Waals surface area contributed by atoms with Crippen molar-refractivity contribution in [3.8, 4) is 11.5 Å². The molecule has 0 saturated carbocycles. The van der Waals surface area contributed by atoms with Crippen LogP contribution in [0.25, 0.3) is 0 Å². The molecule has 1 amide bonds. The molecule has 3 N–H and O–H groups in total. The minimum absolute atomic E-state index is 0.0712. The Labute approximate surface area is 175 Å². The maximum absolute atomic E-state index is 13.1. The average Bonchev–Trinajstić information content (AvgIpc) is 2.77. The third-order valence-electron chi connectivity index (χ3n) is 4.42. The molecule has 0 aliphatic rings. The molecule has 30 heavy (non-hydrogen) atoms. The van der Waals surface area contributed by atoms with E-state index in [4.69, 9.17) is 24.8 Å². The van der Waals surface area contributed by atoms with Crippen LogP contribution in [0.15, 0.2) is 42.5 Å². The smallest absolute Gasteiger partial charge is 0.291 e. The number of carbonyl (C=O) groups is 2. The van der Waals surface area contributed by atoms with Gasteiger partial charge < -0.3 is 14.2 Å². The molecule has 0 aliphatic heterocycles. The zero-order valence-corrected chi connectivity index (χ0v) is 17.2. The van der Waals surface area contributed by atoms with E-state index < -0.39 is 17.7 Å². The molecule has 2 rings (SSSR count). The lowest BCUT2D eigenvalue weighted by molar-refractivity contribution is -0.123. The summed E-state index contributed by atoms with van der Waals surface area (Å²) in [7, 11) is 1.35. The maximum atomic E-state index is 13.1. The highest BCUT2D eigenvalue weighted by atomic mass is 16.5. The SMILES string of the molecule is CCOc1ccc(C(=O)c2ccc(OCC)cc2CC(OC)C(=N)C(=O)NO)cc1. The van der Waals surface area contributed by atoms with Gasteiger partial charge in [0.15, 0.2) is 5.78 Å². The van der Waals surface area contributed by atoms with Gasteiger partial charge >= 0.3 is 0 Å². The standard InChI is InChI=1S/C22H26N2O6/c1-4-29-16-8-6-14(7-9-16)21(25)18-11-10-17(30-5-2)12-15(18)13-19(28-3)20(23)22(26)24-27/h6-12,19,23,27H,4-5,13H2,1-3H3,(H,24,26). The largest absolute Gasteiger partial charge is 0.494 e. The summed E-state index contributed by atoms with van der Waals surface area (Å²) < 4.78 is 16.2. The molecule has 2 aromatic carbocycles. The summed E-state index contributed by atoms with van der Waals surface area (Å²) in [5.74, 6) is 0.0407. The van der Waals surface area contributed by atoms with Gasteiger partial charge in [-0.15, -0.1) is 0 Å². The van der Waals surface area contributed by atoms with E-state index in [1.165, 1.54) is 12.6 Å². The van der Waals surface area contributed by atoms with Gasteiger partial charge in [-0.1, -0.05) is 0 Å².